The van der Waals surface area contributed by atoms with Crippen molar-refractivity contribution in [1.82, 2.24) is 4.31 Å². The number of nitrogens with zero attached hydrogens (tertiary/aromatic N) is 2. The van der Waals surface area contributed by atoms with Crippen molar-refractivity contribution < 1.29 is 21.8 Å². The number of hydrogen-bond acceptors (Lipinski definition) is 6. The van der Waals surface area contributed by atoms with Gasteiger partial charge in [0, 0.05) is 19.2 Å². The smallest absolute Gasteiger partial charge is 0.273 e. The normalized spacial score (nSPS) is 17.7. The van der Waals surface area contributed by atoms with Crippen LogP contribution in [-0.2, 0) is 20.0 Å². The molecule has 1 heterocycles. The molecule has 0 spiro atoms. The fourth-order valence-corrected chi connectivity index (χ4v) is 6.69. The van der Waals surface area contributed by atoms with Gasteiger partial charge in [-0.1, -0.05) is 37.3 Å². The number of benzene rings is 3. The summed E-state index contributed by atoms with van der Waals surface area (Å²) in [5.41, 5.74) is -0.940. The van der Waals surface area contributed by atoms with E-state index in [0.717, 1.165) is 23.9 Å². The lowest BCUT2D eigenvalue weighted by Gasteiger charge is -2.30. The average molecular weight is 490 g/mol. The van der Waals surface area contributed by atoms with Gasteiger partial charge in [0.25, 0.3) is 15.7 Å². The summed E-state index contributed by atoms with van der Waals surface area (Å²) in [4.78, 5) is 10.6. The topological polar surface area (TPSA) is 127 Å². The molecule has 174 valence electrons. The third kappa shape index (κ3) is 4.70. The van der Waals surface area contributed by atoms with Crippen molar-refractivity contribution in [2.75, 3.05) is 17.8 Å². The molecule has 11 heteroatoms. The number of hydrogen-bond donors (Lipinski definition) is 1. The molecule has 1 atom stereocenters. The van der Waals surface area contributed by atoms with E-state index >= 15 is 0 Å². The third-order valence-electron chi connectivity index (χ3n) is 5.70. The molecule has 1 aliphatic rings. The van der Waals surface area contributed by atoms with E-state index in [9.17, 15) is 26.9 Å². The molecule has 0 amide bonds. The van der Waals surface area contributed by atoms with Gasteiger partial charge in [0.05, 0.1) is 14.7 Å². The van der Waals surface area contributed by atoms with Crippen LogP contribution < -0.4 is 4.72 Å². The second-order valence-corrected chi connectivity index (χ2v) is 11.8. The highest BCUT2D eigenvalue weighted by Crippen LogP contribution is 2.32. The largest absolute Gasteiger partial charge is 0.294 e. The summed E-state index contributed by atoms with van der Waals surface area (Å²) in [5, 5.41) is 13.2. The van der Waals surface area contributed by atoms with E-state index in [1.807, 2.05) is 19.1 Å². The summed E-state index contributed by atoms with van der Waals surface area (Å²) in [6, 6.07) is 15.0. The van der Waals surface area contributed by atoms with Crippen LogP contribution in [0, 0.1) is 16.0 Å². The minimum Gasteiger partial charge on any atom is -0.273 e. The van der Waals surface area contributed by atoms with Crippen molar-refractivity contribution in [1.29, 1.82) is 0 Å². The molecule has 0 aromatic heterocycles. The van der Waals surface area contributed by atoms with Gasteiger partial charge in [0.2, 0.25) is 10.0 Å². The van der Waals surface area contributed by atoms with Gasteiger partial charge in [-0.05, 0) is 53.8 Å². The quantitative estimate of drug-likeness (QED) is 0.412. The average Bonchev–Trinajstić information content (AvgIpc) is 2.78. The molecule has 1 aliphatic heterocycles. The summed E-state index contributed by atoms with van der Waals surface area (Å²) in [6.07, 6.45) is 1.63. The van der Waals surface area contributed by atoms with E-state index in [1.54, 1.807) is 18.2 Å². The Morgan fingerprint density at radius 3 is 2.36 bits per heavy atom. The lowest BCUT2D eigenvalue weighted by Crippen LogP contribution is -2.39. The van der Waals surface area contributed by atoms with E-state index in [4.69, 9.17) is 0 Å². The fraction of sp³-hybridized carbons (Fsp3) is 0.273. The Kier molecular flexibility index (Phi) is 6.12. The highest BCUT2D eigenvalue weighted by Gasteiger charge is 2.31. The standard InChI is InChI=1S/C22H23N3O6S2/c1-16-5-4-12-24(15-16)33(30,31)20-10-11-21(22(14-20)25(26)27)23-32(28,29)19-9-8-17-6-2-3-7-18(17)13-19/h2-3,6-11,13-14,16,23H,4-5,12,15H2,1H3/t16-/m1/s1. The van der Waals surface area contributed by atoms with Crippen molar-refractivity contribution in [2.45, 2.75) is 29.6 Å². The molecular formula is C22H23N3O6S2. The Labute approximate surface area is 192 Å². The maximum absolute atomic E-state index is 13.0. The Morgan fingerprint density at radius 1 is 0.970 bits per heavy atom. The highest BCUT2D eigenvalue weighted by molar-refractivity contribution is 7.92. The molecular weight excluding hydrogens is 466 g/mol. The number of anilines is 1. The van der Waals surface area contributed by atoms with Crippen LogP contribution in [0.15, 0.2) is 70.5 Å². The van der Waals surface area contributed by atoms with Crippen LogP contribution in [0.3, 0.4) is 0 Å². The summed E-state index contributed by atoms with van der Waals surface area (Å²) >= 11 is 0. The maximum atomic E-state index is 13.0. The lowest BCUT2D eigenvalue weighted by atomic mass is 10.0. The van der Waals surface area contributed by atoms with Crippen molar-refractivity contribution in [2.24, 2.45) is 5.92 Å². The number of sulfonamides is 2. The molecule has 0 saturated carbocycles. The van der Waals surface area contributed by atoms with Crippen molar-refractivity contribution in [3.05, 3.63) is 70.8 Å². The van der Waals surface area contributed by atoms with Crippen molar-refractivity contribution in [3.63, 3.8) is 0 Å². The number of fused-ring (bicyclic) bond motifs is 1. The van der Waals surface area contributed by atoms with Gasteiger partial charge in [-0.15, -0.1) is 0 Å². The molecule has 1 N–H and O–H groups in total. The second kappa shape index (κ2) is 8.73. The molecule has 1 fully saturated rings. The van der Waals surface area contributed by atoms with Gasteiger partial charge in [0.15, 0.2) is 0 Å². The molecule has 0 bridgehead atoms. The second-order valence-electron chi connectivity index (χ2n) is 8.16. The molecule has 33 heavy (non-hydrogen) atoms. The van der Waals surface area contributed by atoms with Crippen molar-refractivity contribution >= 4 is 42.2 Å². The van der Waals surface area contributed by atoms with Crippen LogP contribution >= 0.6 is 0 Å². The third-order valence-corrected chi connectivity index (χ3v) is 8.92. The minimum atomic E-state index is -4.15. The lowest BCUT2D eigenvalue weighted by molar-refractivity contribution is -0.384. The van der Waals surface area contributed by atoms with E-state index in [1.165, 1.54) is 22.5 Å². The van der Waals surface area contributed by atoms with Gasteiger partial charge in [0.1, 0.15) is 5.69 Å². The molecule has 4 rings (SSSR count). The van der Waals surface area contributed by atoms with E-state index in [2.05, 4.69) is 4.72 Å². The van der Waals surface area contributed by atoms with Crippen LogP contribution in [0.2, 0.25) is 0 Å². The number of nitrogens with one attached hydrogen (secondary N) is 1. The first-order valence-corrected chi connectivity index (χ1v) is 13.3. The predicted octanol–water partition coefficient (Wildman–Crippen LogP) is 3.97. The summed E-state index contributed by atoms with van der Waals surface area (Å²) in [7, 11) is -8.09. The number of nitro groups is 1. The summed E-state index contributed by atoms with van der Waals surface area (Å²) in [5.74, 6) is 0.191. The fourth-order valence-electron chi connectivity index (χ4n) is 3.96. The Hall–Kier alpha value is -3.02. The molecule has 0 unspecified atom stereocenters. The summed E-state index contributed by atoms with van der Waals surface area (Å²) in [6.45, 7) is 2.64. The Morgan fingerprint density at radius 2 is 1.67 bits per heavy atom. The molecule has 3 aromatic carbocycles. The van der Waals surface area contributed by atoms with Crippen molar-refractivity contribution in [3.8, 4) is 0 Å². The van der Waals surface area contributed by atoms with Gasteiger partial charge >= 0.3 is 0 Å². The molecule has 3 aromatic rings. The number of piperidine rings is 1. The Balaban J connectivity index is 1.68. The van der Waals surface area contributed by atoms with Crippen LogP contribution in [0.25, 0.3) is 10.8 Å². The first-order valence-electron chi connectivity index (χ1n) is 10.4. The zero-order valence-corrected chi connectivity index (χ0v) is 19.5. The van der Waals surface area contributed by atoms with E-state index in [-0.39, 0.29) is 21.4 Å². The van der Waals surface area contributed by atoms with Crippen LogP contribution in [0.5, 0.6) is 0 Å². The number of nitro benzene ring substituents is 1. The zero-order chi connectivity index (χ0) is 23.8. The molecule has 0 radical (unpaired) electrons. The van der Waals surface area contributed by atoms with Crippen LogP contribution in [0.4, 0.5) is 11.4 Å². The maximum Gasteiger partial charge on any atom is 0.294 e. The van der Waals surface area contributed by atoms with E-state index < -0.39 is 30.7 Å². The highest BCUT2D eigenvalue weighted by atomic mass is 32.2. The first kappa shape index (κ1) is 23.1. The number of rotatable bonds is 6. The molecule has 9 nitrogen and oxygen atoms in total. The Bertz CT molecular complexity index is 1440. The zero-order valence-electron chi connectivity index (χ0n) is 17.8. The molecule has 0 aliphatic carbocycles. The van der Waals surface area contributed by atoms with E-state index in [0.29, 0.717) is 24.9 Å². The minimum absolute atomic E-state index is 0.0606. The van der Waals surface area contributed by atoms with Gasteiger partial charge in [-0.2, -0.15) is 4.31 Å². The monoisotopic (exact) mass is 489 g/mol. The van der Waals surface area contributed by atoms with Gasteiger partial charge < -0.3 is 0 Å². The first-order chi connectivity index (χ1) is 15.6. The van der Waals surface area contributed by atoms with Gasteiger partial charge in [-0.25, -0.2) is 16.8 Å². The van der Waals surface area contributed by atoms with Crippen LogP contribution in [0.1, 0.15) is 19.8 Å². The SMILES string of the molecule is C[C@@H]1CCCN(S(=O)(=O)c2ccc(NS(=O)(=O)c3ccc4ccccc4c3)c([N+](=O)[O-])c2)C1. The van der Waals surface area contributed by atoms with Gasteiger partial charge in [-0.3, -0.25) is 14.8 Å². The van der Waals surface area contributed by atoms with Crippen LogP contribution in [-0.4, -0.2) is 39.2 Å². The molecule has 1 saturated heterocycles. The predicted molar refractivity (Wildman–Crippen MR) is 125 cm³/mol. The summed E-state index contributed by atoms with van der Waals surface area (Å²) < 4.78 is 55.4.